The van der Waals surface area contributed by atoms with E-state index in [1.807, 2.05) is 0 Å². The minimum atomic E-state index is -2.42. The lowest BCUT2D eigenvalue weighted by Gasteiger charge is -2.29. The quantitative estimate of drug-likeness (QED) is 0.138. The molecule has 6 N–H and O–H groups in total. The Labute approximate surface area is 146 Å². The first-order chi connectivity index (χ1) is 11.5. The van der Waals surface area contributed by atoms with Gasteiger partial charge in [-0.3, -0.25) is 9.59 Å². The number of unbranched alkanes of at least 4 members (excludes halogenated alkanes) is 1. The molecule has 0 bridgehead atoms. The van der Waals surface area contributed by atoms with Crippen LogP contribution in [0.2, 0.25) is 0 Å². The highest BCUT2D eigenvalue weighted by molar-refractivity contribution is 5.69. The van der Waals surface area contributed by atoms with Crippen molar-refractivity contribution in [2.24, 2.45) is 5.92 Å². The molecule has 0 saturated carbocycles. The fraction of sp³-hybridized carbons (Fsp3) is 0.875. The van der Waals surface area contributed by atoms with Gasteiger partial charge in [-0.25, -0.2) is 0 Å². The molecule has 0 aliphatic heterocycles. The second-order valence-corrected chi connectivity index (χ2v) is 6.36. The molecule has 0 aliphatic carbocycles. The first kappa shape index (κ1) is 23.7. The summed E-state index contributed by atoms with van der Waals surface area (Å²) in [6.45, 7) is 1.87. The predicted octanol–water partition coefficient (Wildman–Crippen LogP) is -0.276. The zero-order valence-electron chi connectivity index (χ0n) is 14.5. The van der Waals surface area contributed by atoms with Crippen molar-refractivity contribution in [3.05, 3.63) is 0 Å². The fourth-order valence-corrected chi connectivity index (χ4v) is 2.19. The zero-order chi connectivity index (χ0) is 19.5. The standard InChI is InChI=1S/C16H30O9/c1-11(10-12(17)16(23,24)8-6-14(20)21)7-9-25-15(22)5-3-2-4-13(18)19/h11-12,14,17,20-21,23-24H,2-10H2,1H3,(H,18,19). The van der Waals surface area contributed by atoms with Crippen molar-refractivity contribution in [2.45, 2.75) is 76.5 Å². The molecule has 0 aromatic carbocycles. The van der Waals surface area contributed by atoms with E-state index in [1.165, 1.54) is 0 Å². The molecule has 2 atom stereocenters. The summed E-state index contributed by atoms with van der Waals surface area (Å²) in [5.41, 5.74) is 0. The van der Waals surface area contributed by atoms with Crippen LogP contribution in [0.5, 0.6) is 0 Å². The maximum atomic E-state index is 11.5. The van der Waals surface area contributed by atoms with Gasteiger partial charge in [-0.05, 0) is 31.6 Å². The van der Waals surface area contributed by atoms with Crippen LogP contribution in [0.1, 0.15) is 58.3 Å². The van der Waals surface area contributed by atoms with E-state index in [1.54, 1.807) is 6.92 Å². The van der Waals surface area contributed by atoms with Gasteiger partial charge in [0.2, 0.25) is 0 Å². The Bertz CT molecular complexity index is 395. The molecule has 0 amide bonds. The summed E-state index contributed by atoms with van der Waals surface area (Å²) < 4.78 is 5.01. The van der Waals surface area contributed by atoms with E-state index in [2.05, 4.69) is 0 Å². The number of carbonyl (C=O) groups excluding carboxylic acids is 1. The largest absolute Gasteiger partial charge is 0.481 e. The van der Waals surface area contributed by atoms with Crippen molar-refractivity contribution >= 4 is 11.9 Å². The summed E-state index contributed by atoms with van der Waals surface area (Å²) in [6.07, 6.45) is -2.35. The van der Waals surface area contributed by atoms with Crippen LogP contribution < -0.4 is 0 Å². The van der Waals surface area contributed by atoms with Crippen LogP contribution in [0.15, 0.2) is 0 Å². The molecule has 0 aromatic rings. The maximum Gasteiger partial charge on any atom is 0.305 e. The average Bonchev–Trinajstić information content (AvgIpc) is 2.49. The molecule has 9 nitrogen and oxygen atoms in total. The van der Waals surface area contributed by atoms with E-state index in [4.69, 9.17) is 20.1 Å². The summed E-state index contributed by atoms with van der Waals surface area (Å²) in [5.74, 6) is -3.90. The number of rotatable bonds is 14. The normalized spacial score (nSPS) is 14.4. The van der Waals surface area contributed by atoms with E-state index >= 15 is 0 Å². The first-order valence-electron chi connectivity index (χ1n) is 8.41. The van der Waals surface area contributed by atoms with Crippen LogP contribution in [0, 0.1) is 5.92 Å². The van der Waals surface area contributed by atoms with E-state index in [-0.39, 0.29) is 44.6 Å². The van der Waals surface area contributed by atoms with Gasteiger partial charge in [0.15, 0.2) is 12.1 Å². The Morgan fingerprint density at radius 1 is 1.04 bits per heavy atom. The summed E-state index contributed by atoms with van der Waals surface area (Å²) in [5, 5.41) is 55.2. The number of esters is 1. The molecule has 0 rings (SSSR count). The number of hydrogen-bond acceptors (Lipinski definition) is 8. The number of carboxylic acids is 1. The van der Waals surface area contributed by atoms with Gasteiger partial charge in [0.05, 0.1) is 6.61 Å². The third-order valence-corrected chi connectivity index (χ3v) is 3.83. The van der Waals surface area contributed by atoms with E-state index in [0.717, 1.165) is 0 Å². The summed E-state index contributed by atoms with van der Waals surface area (Å²) >= 11 is 0. The average molecular weight is 366 g/mol. The highest BCUT2D eigenvalue weighted by Gasteiger charge is 2.34. The number of aliphatic hydroxyl groups is 5. The number of aliphatic hydroxyl groups excluding tert-OH is 2. The topological polar surface area (TPSA) is 165 Å². The van der Waals surface area contributed by atoms with Crippen molar-refractivity contribution in [1.82, 2.24) is 0 Å². The molecule has 148 valence electrons. The van der Waals surface area contributed by atoms with Gasteiger partial charge in [0.1, 0.15) is 6.10 Å². The number of hydrogen-bond donors (Lipinski definition) is 6. The van der Waals surface area contributed by atoms with Crippen molar-refractivity contribution in [3.8, 4) is 0 Å². The summed E-state index contributed by atoms with van der Waals surface area (Å²) in [7, 11) is 0. The Hall–Kier alpha value is -1.26. The minimum Gasteiger partial charge on any atom is -0.481 e. The second-order valence-electron chi connectivity index (χ2n) is 6.36. The number of carboxylic acid groups (broad SMARTS) is 1. The molecule has 9 heteroatoms. The van der Waals surface area contributed by atoms with Crippen LogP contribution in [0.25, 0.3) is 0 Å². The van der Waals surface area contributed by atoms with Crippen LogP contribution in [0.3, 0.4) is 0 Å². The molecule has 25 heavy (non-hydrogen) atoms. The highest BCUT2D eigenvalue weighted by atomic mass is 16.5. The second kappa shape index (κ2) is 12.2. The van der Waals surface area contributed by atoms with Crippen molar-refractivity contribution in [3.63, 3.8) is 0 Å². The molecule has 0 aliphatic rings. The van der Waals surface area contributed by atoms with Gasteiger partial charge in [-0.2, -0.15) is 0 Å². The SMILES string of the molecule is CC(CCOC(=O)CCCCC(=O)O)CC(O)C(O)(O)CCC(O)O. The molecule has 0 fully saturated rings. The molecule has 0 spiro atoms. The highest BCUT2D eigenvalue weighted by Crippen LogP contribution is 2.22. The molecule has 0 radical (unpaired) electrons. The van der Waals surface area contributed by atoms with Crippen molar-refractivity contribution < 1.29 is 45.0 Å². The number of carbonyl (C=O) groups is 2. The van der Waals surface area contributed by atoms with Gasteiger partial charge in [0.25, 0.3) is 0 Å². The summed E-state index contributed by atoms with van der Waals surface area (Å²) in [6, 6.07) is 0. The molecule has 0 saturated heterocycles. The molecular formula is C16H30O9. The third-order valence-electron chi connectivity index (χ3n) is 3.83. The molecule has 0 aromatic heterocycles. The Kier molecular flexibility index (Phi) is 11.5. The zero-order valence-corrected chi connectivity index (χ0v) is 14.5. The van der Waals surface area contributed by atoms with E-state index < -0.39 is 30.1 Å². The van der Waals surface area contributed by atoms with Crippen LogP contribution in [-0.4, -0.2) is 67.4 Å². The molecular weight excluding hydrogens is 336 g/mol. The number of aliphatic carboxylic acids is 1. The van der Waals surface area contributed by atoms with Crippen LogP contribution in [-0.2, 0) is 14.3 Å². The van der Waals surface area contributed by atoms with Gasteiger partial charge < -0.3 is 35.4 Å². The van der Waals surface area contributed by atoms with Crippen molar-refractivity contribution in [1.29, 1.82) is 0 Å². The van der Waals surface area contributed by atoms with Crippen LogP contribution in [0.4, 0.5) is 0 Å². The smallest absolute Gasteiger partial charge is 0.305 e. The van der Waals surface area contributed by atoms with Gasteiger partial charge in [-0.1, -0.05) is 6.92 Å². The van der Waals surface area contributed by atoms with E-state index in [0.29, 0.717) is 19.3 Å². The first-order valence-corrected chi connectivity index (χ1v) is 8.41. The monoisotopic (exact) mass is 366 g/mol. The summed E-state index contributed by atoms with van der Waals surface area (Å²) in [4.78, 5) is 21.8. The third kappa shape index (κ3) is 12.7. The van der Waals surface area contributed by atoms with Crippen molar-refractivity contribution in [2.75, 3.05) is 6.61 Å². The van der Waals surface area contributed by atoms with Crippen LogP contribution >= 0.6 is 0 Å². The lowest BCUT2D eigenvalue weighted by atomic mass is 9.93. The Morgan fingerprint density at radius 3 is 2.20 bits per heavy atom. The van der Waals surface area contributed by atoms with Gasteiger partial charge in [0, 0.05) is 25.7 Å². The lowest BCUT2D eigenvalue weighted by Crippen LogP contribution is -2.43. The van der Waals surface area contributed by atoms with Gasteiger partial charge in [-0.15, -0.1) is 0 Å². The Balaban J connectivity index is 3.92. The van der Waals surface area contributed by atoms with E-state index in [9.17, 15) is 24.9 Å². The minimum absolute atomic E-state index is 0.0135. The molecule has 2 unspecified atom stereocenters. The predicted molar refractivity (Wildman–Crippen MR) is 86.1 cm³/mol. The fourth-order valence-electron chi connectivity index (χ4n) is 2.19. The maximum absolute atomic E-state index is 11.5. The molecule has 0 heterocycles. The Morgan fingerprint density at radius 2 is 1.64 bits per heavy atom. The number of ether oxygens (including phenoxy) is 1. The lowest BCUT2D eigenvalue weighted by molar-refractivity contribution is -0.239. The van der Waals surface area contributed by atoms with Gasteiger partial charge >= 0.3 is 11.9 Å².